The van der Waals surface area contributed by atoms with E-state index in [0.717, 1.165) is 11.6 Å². The fourth-order valence-electron chi connectivity index (χ4n) is 5.09. The molecule has 1 fully saturated rings. The van der Waals surface area contributed by atoms with Crippen LogP contribution in [-0.4, -0.2) is 11.8 Å². The molecule has 0 nitrogen and oxygen atoms in total. The molecule has 0 N–H and O–H groups in total. The number of hydrogen-bond acceptors (Lipinski definition) is 0. The fourth-order valence-corrected chi connectivity index (χ4v) is 11.1. The molecule has 1 aliphatic rings. The van der Waals surface area contributed by atoms with Crippen molar-refractivity contribution in [3.05, 3.63) is 121 Å². The Morgan fingerprint density at radius 3 is 1.34 bits per heavy atom. The molecule has 160 valence electrons. The summed E-state index contributed by atoms with van der Waals surface area (Å²) in [5.74, 6) is 0.771. The van der Waals surface area contributed by atoms with Crippen LogP contribution in [0.4, 0.5) is 0 Å². The average Bonchev–Trinajstić information content (AvgIpc) is 3.33. The molecule has 0 saturated heterocycles. The lowest BCUT2D eigenvalue weighted by molar-refractivity contribution is 0.630. The lowest BCUT2D eigenvalue weighted by atomic mass is 10.1. The van der Waals surface area contributed by atoms with E-state index >= 15 is 0 Å². The van der Waals surface area contributed by atoms with Crippen molar-refractivity contribution in [2.24, 2.45) is 5.92 Å². The largest absolute Gasteiger partial charge is 0.0622 e. The van der Waals surface area contributed by atoms with Gasteiger partial charge in [0.05, 0.1) is 0 Å². The van der Waals surface area contributed by atoms with Crippen LogP contribution < -0.4 is 21.2 Å². The van der Waals surface area contributed by atoms with E-state index in [-0.39, 0.29) is 15.8 Å². The Bertz CT molecular complexity index is 1000. The maximum atomic E-state index is 2.37. The molecule has 0 spiro atoms. The molecule has 2 atom stereocenters. The van der Waals surface area contributed by atoms with Crippen LogP contribution in [0.3, 0.4) is 0 Å². The first-order valence-corrected chi connectivity index (χ1v) is 14.6. The highest BCUT2D eigenvalue weighted by atomic mass is 31.1. The summed E-state index contributed by atoms with van der Waals surface area (Å²) in [4.78, 5) is 0. The Balaban J connectivity index is 1.49. The highest BCUT2D eigenvalue weighted by Crippen LogP contribution is 2.53. The van der Waals surface area contributed by atoms with Gasteiger partial charge in [0.15, 0.2) is 0 Å². The number of hydrogen-bond donors (Lipinski definition) is 0. The van der Waals surface area contributed by atoms with E-state index in [2.05, 4.69) is 121 Å². The summed E-state index contributed by atoms with van der Waals surface area (Å²) < 4.78 is 0. The lowest BCUT2D eigenvalue weighted by Crippen LogP contribution is -2.28. The molecule has 0 heterocycles. The highest BCUT2D eigenvalue weighted by molar-refractivity contribution is 7.74. The molecule has 0 aromatic heterocycles. The van der Waals surface area contributed by atoms with Crippen molar-refractivity contribution in [1.82, 2.24) is 0 Å². The second-order valence-corrected chi connectivity index (χ2v) is 13.3. The highest BCUT2D eigenvalue weighted by Gasteiger charge is 2.36. The molecule has 0 bridgehead atoms. The topological polar surface area (TPSA) is 0 Å². The zero-order chi connectivity index (χ0) is 21.6. The molecule has 0 amide bonds. The van der Waals surface area contributed by atoms with Gasteiger partial charge in [-0.1, -0.05) is 128 Å². The Kier molecular flexibility index (Phi) is 7.13. The summed E-state index contributed by atoms with van der Waals surface area (Å²) in [5, 5.41) is 6.11. The Morgan fingerprint density at radius 2 is 0.906 bits per heavy atom. The molecule has 2 heteroatoms. The second-order valence-electron chi connectivity index (χ2n) is 8.58. The van der Waals surface area contributed by atoms with Gasteiger partial charge in [0, 0.05) is 0 Å². The third-order valence-electron chi connectivity index (χ3n) is 6.57. The molecule has 4 aromatic carbocycles. The van der Waals surface area contributed by atoms with Gasteiger partial charge in [0.25, 0.3) is 0 Å². The van der Waals surface area contributed by atoms with Gasteiger partial charge in [0.2, 0.25) is 0 Å². The van der Waals surface area contributed by atoms with Crippen molar-refractivity contribution in [2.75, 3.05) is 6.16 Å². The summed E-state index contributed by atoms with van der Waals surface area (Å²) >= 11 is 0. The van der Waals surface area contributed by atoms with E-state index in [1.165, 1.54) is 46.6 Å². The fraction of sp³-hybridized carbons (Fsp3) is 0.200. The SMILES string of the molecule is c1ccc(P(CC2CCC[C@@H]2P(c2ccccc2)c2ccccc2)c2ccccc2)cc1. The summed E-state index contributed by atoms with van der Waals surface area (Å²) in [7, 11) is -0.690. The molecule has 5 rings (SSSR count). The minimum absolute atomic E-state index is 0.341. The Labute approximate surface area is 195 Å². The van der Waals surface area contributed by atoms with Gasteiger partial charge in [-0.2, -0.15) is 0 Å². The van der Waals surface area contributed by atoms with Crippen LogP contribution in [0.1, 0.15) is 19.3 Å². The zero-order valence-electron chi connectivity index (χ0n) is 18.4. The third kappa shape index (κ3) is 4.88. The first-order valence-electron chi connectivity index (χ1n) is 11.7. The standard InChI is InChI=1S/C30H30P2/c1-5-15-26(16-6-1)31(27-17-7-2-8-18-27)24-25-14-13-23-30(25)32(28-19-9-3-10-20-28)29-21-11-4-12-22-29/h1-12,15-22,25,30H,13-14,23-24H2/t25?,30-/m0/s1. The van der Waals surface area contributed by atoms with Crippen LogP contribution >= 0.6 is 15.8 Å². The van der Waals surface area contributed by atoms with Crippen molar-refractivity contribution in [3.63, 3.8) is 0 Å². The molecule has 0 aliphatic heterocycles. The van der Waals surface area contributed by atoms with Gasteiger partial charge in [-0.15, -0.1) is 0 Å². The van der Waals surface area contributed by atoms with Crippen LogP contribution in [0, 0.1) is 5.92 Å². The average molecular weight is 453 g/mol. The monoisotopic (exact) mass is 452 g/mol. The number of rotatable bonds is 7. The van der Waals surface area contributed by atoms with E-state index < -0.39 is 0 Å². The van der Waals surface area contributed by atoms with E-state index in [4.69, 9.17) is 0 Å². The van der Waals surface area contributed by atoms with Crippen LogP contribution in [0.5, 0.6) is 0 Å². The van der Waals surface area contributed by atoms with Crippen LogP contribution in [0.15, 0.2) is 121 Å². The predicted octanol–water partition coefficient (Wildman–Crippen LogP) is 6.42. The van der Waals surface area contributed by atoms with E-state index in [9.17, 15) is 0 Å². The smallest absolute Gasteiger partial charge is 0.00969 e. The summed E-state index contributed by atoms with van der Waals surface area (Å²) in [6, 6.07) is 45.2. The first-order chi connectivity index (χ1) is 15.9. The maximum absolute atomic E-state index is 2.37. The van der Waals surface area contributed by atoms with Crippen molar-refractivity contribution in [1.29, 1.82) is 0 Å². The second kappa shape index (κ2) is 10.6. The van der Waals surface area contributed by atoms with Crippen LogP contribution in [-0.2, 0) is 0 Å². The summed E-state index contributed by atoms with van der Waals surface area (Å²) in [6.45, 7) is 0. The maximum Gasteiger partial charge on any atom is -0.00969 e. The van der Waals surface area contributed by atoms with E-state index in [0.29, 0.717) is 0 Å². The Morgan fingerprint density at radius 1 is 0.500 bits per heavy atom. The van der Waals surface area contributed by atoms with Gasteiger partial charge < -0.3 is 0 Å². The lowest BCUT2D eigenvalue weighted by Gasteiger charge is -2.32. The molecular formula is C30H30P2. The van der Waals surface area contributed by atoms with Gasteiger partial charge in [0.1, 0.15) is 0 Å². The molecule has 1 unspecified atom stereocenters. The van der Waals surface area contributed by atoms with Crippen molar-refractivity contribution in [2.45, 2.75) is 24.9 Å². The van der Waals surface area contributed by atoms with Gasteiger partial charge in [-0.3, -0.25) is 0 Å². The predicted molar refractivity (Wildman–Crippen MR) is 144 cm³/mol. The molecule has 0 radical (unpaired) electrons. The van der Waals surface area contributed by atoms with E-state index in [1.54, 1.807) is 0 Å². The molecular weight excluding hydrogens is 422 g/mol. The van der Waals surface area contributed by atoms with Crippen molar-refractivity contribution < 1.29 is 0 Å². The Hall–Kier alpha value is -2.26. The summed E-state index contributed by atoms with van der Waals surface area (Å²) in [5.41, 5.74) is 0.757. The van der Waals surface area contributed by atoms with Crippen molar-refractivity contribution in [3.8, 4) is 0 Å². The normalized spacial score (nSPS) is 18.3. The van der Waals surface area contributed by atoms with Gasteiger partial charge in [-0.05, 0) is 67.6 Å². The summed E-state index contributed by atoms with van der Waals surface area (Å²) in [6.07, 6.45) is 5.38. The van der Waals surface area contributed by atoms with Gasteiger partial charge >= 0.3 is 0 Å². The van der Waals surface area contributed by atoms with E-state index in [1.807, 2.05) is 0 Å². The van der Waals surface area contributed by atoms with Crippen LogP contribution in [0.2, 0.25) is 0 Å². The zero-order valence-corrected chi connectivity index (χ0v) is 20.2. The molecule has 4 aromatic rings. The van der Waals surface area contributed by atoms with Crippen LogP contribution in [0.25, 0.3) is 0 Å². The molecule has 32 heavy (non-hydrogen) atoms. The third-order valence-corrected chi connectivity index (χ3v) is 12.3. The quantitative estimate of drug-likeness (QED) is 0.284. The minimum atomic E-state index is -0.349. The first kappa shape index (κ1) is 21.6. The van der Waals surface area contributed by atoms with Crippen molar-refractivity contribution >= 4 is 37.1 Å². The molecule has 1 aliphatic carbocycles. The minimum Gasteiger partial charge on any atom is -0.0622 e. The van der Waals surface area contributed by atoms with Gasteiger partial charge in [-0.25, -0.2) is 0 Å². The number of benzene rings is 4. The molecule has 1 saturated carbocycles.